The van der Waals surface area contributed by atoms with Crippen molar-refractivity contribution in [3.05, 3.63) is 28.8 Å². The smallest absolute Gasteiger partial charge is 0.119 e. The quantitative estimate of drug-likeness (QED) is 0.915. The summed E-state index contributed by atoms with van der Waals surface area (Å²) in [7, 11) is 1.67. The van der Waals surface area contributed by atoms with Crippen LogP contribution in [-0.2, 0) is 11.3 Å². The van der Waals surface area contributed by atoms with Crippen molar-refractivity contribution < 1.29 is 14.6 Å². The van der Waals surface area contributed by atoms with Crippen molar-refractivity contribution >= 4 is 11.6 Å². The molecule has 2 aliphatic heterocycles. The van der Waals surface area contributed by atoms with Crippen LogP contribution >= 0.6 is 11.6 Å². The first kappa shape index (κ1) is 17.0. The summed E-state index contributed by atoms with van der Waals surface area (Å²) < 4.78 is 11.0. The number of rotatable bonds is 4. The lowest BCUT2D eigenvalue weighted by Crippen LogP contribution is -2.52. The van der Waals surface area contributed by atoms with Gasteiger partial charge < -0.3 is 14.6 Å². The van der Waals surface area contributed by atoms with Crippen molar-refractivity contribution in [3.8, 4) is 5.75 Å². The summed E-state index contributed by atoms with van der Waals surface area (Å²) in [6, 6.07) is 6.12. The van der Waals surface area contributed by atoms with Crippen molar-refractivity contribution in [1.82, 2.24) is 4.90 Å². The first-order valence-electron chi connectivity index (χ1n) is 8.38. The molecule has 0 radical (unpaired) electrons. The number of aliphatic hydroxyl groups is 1. The molecule has 1 aromatic carbocycles. The molecule has 2 aliphatic rings. The molecule has 1 aromatic rings. The average molecular weight is 340 g/mol. The third-order valence-corrected chi connectivity index (χ3v) is 5.72. The van der Waals surface area contributed by atoms with E-state index in [1.165, 1.54) is 0 Å². The maximum Gasteiger partial charge on any atom is 0.119 e. The summed E-state index contributed by atoms with van der Waals surface area (Å²) >= 11 is 6.36. The minimum atomic E-state index is -0.649. The van der Waals surface area contributed by atoms with Crippen LogP contribution in [0.3, 0.4) is 0 Å². The molecule has 3 rings (SSSR count). The molecule has 1 N–H and O–H groups in total. The van der Waals surface area contributed by atoms with Gasteiger partial charge in [-0.15, -0.1) is 0 Å². The van der Waals surface area contributed by atoms with Crippen LogP contribution < -0.4 is 4.74 Å². The van der Waals surface area contributed by atoms with E-state index in [1.807, 2.05) is 25.1 Å². The number of hydrogen-bond acceptors (Lipinski definition) is 4. The Labute approximate surface area is 143 Å². The number of nitrogens with zero attached hydrogens (tertiary/aromatic N) is 1. The van der Waals surface area contributed by atoms with Gasteiger partial charge in [0.15, 0.2) is 0 Å². The van der Waals surface area contributed by atoms with Crippen molar-refractivity contribution in [2.75, 3.05) is 26.9 Å². The number of hydrogen-bond donors (Lipinski definition) is 1. The van der Waals surface area contributed by atoms with Crippen molar-refractivity contribution in [2.24, 2.45) is 5.92 Å². The van der Waals surface area contributed by atoms with Gasteiger partial charge in [0.2, 0.25) is 0 Å². The van der Waals surface area contributed by atoms with Gasteiger partial charge in [0.1, 0.15) is 5.75 Å². The Morgan fingerprint density at radius 3 is 3.04 bits per heavy atom. The topological polar surface area (TPSA) is 41.9 Å². The number of halogens is 1. The lowest BCUT2D eigenvalue weighted by atomic mass is 9.79. The lowest BCUT2D eigenvalue weighted by Gasteiger charge is -2.43. The lowest BCUT2D eigenvalue weighted by molar-refractivity contribution is -0.123. The predicted octanol–water partition coefficient (Wildman–Crippen LogP) is 3.10. The molecule has 2 saturated heterocycles. The fourth-order valence-electron chi connectivity index (χ4n) is 3.90. The zero-order chi connectivity index (χ0) is 16.4. The molecule has 2 heterocycles. The zero-order valence-electron chi connectivity index (χ0n) is 13.9. The Morgan fingerprint density at radius 2 is 2.30 bits per heavy atom. The summed E-state index contributed by atoms with van der Waals surface area (Å²) in [5, 5.41) is 11.5. The van der Waals surface area contributed by atoms with Crippen LogP contribution in [0.2, 0.25) is 5.02 Å². The minimum Gasteiger partial charge on any atom is -0.497 e. The first-order valence-corrected chi connectivity index (χ1v) is 8.75. The van der Waals surface area contributed by atoms with E-state index >= 15 is 0 Å². The third kappa shape index (κ3) is 3.66. The van der Waals surface area contributed by atoms with E-state index in [-0.39, 0.29) is 5.92 Å². The van der Waals surface area contributed by atoms with Gasteiger partial charge in [0, 0.05) is 30.1 Å². The molecule has 5 heteroatoms. The van der Waals surface area contributed by atoms with E-state index in [0.29, 0.717) is 25.7 Å². The van der Waals surface area contributed by atoms with E-state index < -0.39 is 5.60 Å². The standard InChI is InChI=1S/C18H26ClNO3/c1-18(21)7-9-23-12-15(18)17-4-3-8-20(17)11-13-10-14(22-2)5-6-16(13)19/h5-6,10,15,17,21H,3-4,7-9,11-12H2,1-2H3/t15-,17-,18-/m1/s1. The maximum atomic E-state index is 10.8. The second-order valence-corrected chi connectivity index (χ2v) is 7.33. The molecule has 3 atom stereocenters. The first-order chi connectivity index (χ1) is 11.0. The summed E-state index contributed by atoms with van der Waals surface area (Å²) in [6.45, 7) is 5.06. The molecular weight excluding hydrogens is 314 g/mol. The largest absolute Gasteiger partial charge is 0.497 e. The Hall–Kier alpha value is -0.810. The summed E-state index contributed by atoms with van der Waals surface area (Å²) in [4.78, 5) is 2.44. The Bertz CT molecular complexity index is 549. The van der Waals surface area contributed by atoms with Crippen LogP contribution in [0, 0.1) is 5.92 Å². The van der Waals surface area contributed by atoms with Crippen LogP contribution in [0.5, 0.6) is 5.75 Å². The summed E-state index contributed by atoms with van der Waals surface area (Å²) in [6.07, 6.45) is 2.96. The van der Waals surface area contributed by atoms with E-state index in [4.69, 9.17) is 21.1 Å². The molecule has 0 bridgehead atoms. The normalized spacial score (nSPS) is 32.2. The second-order valence-electron chi connectivity index (χ2n) is 6.93. The summed E-state index contributed by atoms with van der Waals surface area (Å²) in [5.74, 6) is 0.983. The number of ether oxygens (including phenoxy) is 2. The number of benzene rings is 1. The molecule has 0 saturated carbocycles. The predicted molar refractivity (Wildman–Crippen MR) is 91.0 cm³/mol. The zero-order valence-corrected chi connectivity index (χ0v) is 14.7. The molecule has 23 heavy (non-hydrogen) atoms. The third-order valence-electron chi connectivity index (χ3n) is 5.35. The van der Waals surface area contributed by atoms with Gasteiger partial charge in [-0.05, 0) is 56.5 Å². The molecular formula is C18H26ClNO3. The minimum absolute atomic E-state index is 0.156. The van der Waals surface area contributed by atoms with E-state index in [9.17, 15) is 5.11 Å². The van der Waals surface area contributed by atoms with Gasteiger partial charge in [0.05, 0.1) is 19.3 Å². The molecule has 2 fully saturated rings. The molecule has 0 spiro atoms. The Kier molecular flexibility index (Phi) is 5.16. The maximum absolute atomic E-state index is 10.8. The second kappa shape index (κ2) is 6.98. The van der Waals surface area contributed by atoms with Gasteiger partial charge in [-0.3, -0.25) is 4.90 Å². The SMILES string of the molecule is COc1ccc(Cl)c(CN2CCC[C@@H]2[C@H]2COCC[C@@]2(C)O)c1. The molecule has 0 aliphatic carbocycles. The highest BCUT2D eigenvalue weighted by atomic mass is 35.5. The van der Waals surface area contributed by atoms with Crippen LogP contribution in [-0.4, -0.2) is 48.5 Å². The van der Waals surface area contributed by atoms with Gasteiger partial charge in [0.25, 0.3) is 0 Å². The van der Waals surface area contributed by atoms with Crippen LogP contribution in [0.1, 0.15) is 31.7 Å². The van der Waals surface area contributed by atoms with E-state index in [0.717, 1.165) is 42.3 Å². The average Bonchev–Trinajstić information content (AvgIpc) is 2.97. The highest BCUT2D eigenvalue weighted by Crippen LogP contribution is 2.37. The van der Waals surface area contributed by atoms with Gasteiger partial charge in [-0.1, -0.05) is 11.6 Å². The van der Waals surface area contributed by atoms with Crippen molar-refractivity contribution in [1.29, 1.82) is 0 Å². The van der Waals surface area contributed by atoms with E-state index in [2.05, 4.69) is 4.90 Å². The fraction of sp³-hybridized carbons (Fsp3) is 0.667. The van der Waals surface area contributed by atoms with E-state index in [1.54, 1.807) is 7.11 Å². The summed E-state index contributed by atoms with van der Waals surface area (Å²) in [5.41, 5.74) is 0.429. The Morgan fingerprint density at radius 1 is 1.48 bits per heavy atom. The van der Waals surface area contributed by atoms with Gasteiger partial charge in [-0.25, -0.2) is 0 Å². The molecule has 0 aromatic heterocycles. The highest BCUT2D eigenvalue weighted by molar-refractivity contribution is 6.31. The number of methoxy groups -OCH3 is 1. The van der Waals surface area contributed by atoms with Crippen molar-refractivity contribution in [2.45, 2.75) is 44.4 Å². The van der Waals surface area contributed by atoms with Crippen LogP contribution in [0.25, 0.3) is 0 Å². The molecule has 0 unspecified atom stereocenters. The number of likely N-dealkylation sites (tertiary alicyclic amines) is 1. The van der Waals surface area contributed by atoms with Gasteiger partial charge >= 0.3 is 0 Å². The Balaban J connectivity index is 1.77. The van der Waals surface area contributed by atoms with Gasteiger partial charge in [-0.2, -0.15) is 0 Å². The van der Waals surface area contributed by atoms with Crippen LogP contribution in [0.15, 0.2) is 18.2 Å². The monoisotopic (exact) mass is 339 g/mol. The van der Waals surface area contributed by atoms with Crippen LogP contribution in [0.4, 0.5) is 0 Å². The fourth-order valence-corrected chi connectivity index (χ4v) is 4.08. The molecule has 128 valence electrons. The highest BCUT2D eigenvalue weighted by Gasteiger charge is 2.44. The molecule has 4 nitrogen and oxygen atoms in total. The van der Waals surface area contributed by atoms with Crippen molar-refractivity contribution in [3.63, 3.8) is 0 Å². The molecule has 0 amide bonds.